The van der Waals surface area contributed by atoms with Crippen LogP contribution in [0.15, 0.2) is 16.8 Å². The quantitative estimate of drug-likeness (QED) is 0.460. The molecule has 0 saturated carbocycles. The summed E-state index contributed by atoms with van der Waals surface area (Å²) in [7, 11) is 0. The Morgan fingerprint density at radius 1 is 1.39 bits per heavy atom. The zero-order valence-electron chi connectivity index (χ0n) is 9.95. The Morgan fingerprint density at radius 2 is 2.17 bits per heavy atom. The van der Waals surface area contributed by atoms with E-state index < -0.39 is 0 Å². The van der Waals surface area contributed by atoms with Gasteiger partial charge in [-0.15, -0.1) is 4.51 Å². The van der Waals surface area contributed by atoms with Gasteiger partial charge < -0.3 is 5.73 Å². The van der Waals surface area contributed by atoms with Crippen molar-refractivity contribution in [1.82, 2.24) is 10.3 Å². The van der Waals surface area contributed by atoms with E-state index >= 15 is 0 Å². The standard InChI is InChI=1S/C12H15ClN4O/c13-17-12(14)16-11(18)9-6-8-4-2-1-3-5-10(8)15-7-9/h6-7H,1-5H2,(H3,14,16,17,18). The van der Waals surface area contributed by atoms with Crippen molar-refractivity contribution in [3.63, 3.8) is 0 Å². The number of hydrogen-bond donors (Lipinski definition) is 2. The molecule has 0 fully saturated rings. The minimum absolute atomic E-state index is 0.114. The van der Waals surface area contributed by atoms with Crippen molar-refractivity contribution in [1.29, 1.82) is 0 Å². The molecule has 0 atom stereocenters. The zero-order chi connectivity index (χ0) is 13.0. The van der Waals surface area contributed by atoms with Crippen LogP contribution in [-0.2, 0) is 12.8 Å². The second-order valence-electron chi connectivity index (χ2n) is 4.31. The summed E-state index contributed by atoms with van der Waals surface area (Å²) in [5, 5.41) is 2.39. The highest BCUT2D eigenvalue weighted by Crippen LogP contribution is 2.19. The number of carbonyl (C=O) groups excluding carboxylic acids is 1. The number of guanidine groups is 1. The van der Waals surface area contributed by atoms with Crippen molar-refractivity contribution in [2.45, 2.75) is 32.1 Å². The van der Waals surface area contributed by atoms with Gasteiger partial charge in [-0.25, -0.2) is 0 Å². The van der Waals surface area contributed by atoms with E-state index in [1.54, 1.807) is 6.20 Å². The van der Waals surface area contributed by atoms with Crippen LogP contribution in [0.5, 0.6) is 0 Å². The van der Waals surface area contributed by atoms with E-state index in [0.717, 1.165) is 36.9 Å². The van der Waals surface area contributed by atoms with Gasteiger partial charge in [0.25, 0.3) is 5.91 Å². The molecule has 0 aromatic carbocycles. The third-order valence-corrected chi connectivity index (χ3v) is 3.20. The number of hydrogen-bond acceptors (Lipinski definition) is 3. The molecule has 0 bridgehead atoms. The van der Waals surface area contributed by atoms with Crippen LogP contribution in [0.2, 0.25) is 0 Å². The first-order valence-corrected chi connectivity index (χ1v) is 6.28. The average Bonchev–Trinajstić information content (AvgIpc) is 2.62. The summed E-state index contributed by atoms with van der Waals surface area (Å²) in [5.74, 6) is -0.451. The molecule has 6 heteroatoms. The van der Waals surface area contributed by atoms with E-state index in [1.165, 1.54) is 6.42 Å². The first-order chi connectivity index (χ1) is 8.70. The fraction of sp³-hybridized carbons (Fsp3) is 0.417. The molecular weight excluding hydrogens is 252 g/mol. The fourth-order valence-corrected chi connectivity index (χ4v) is 2.14. The molecule has 1 aliphatic carbocycles. The van der Waals surface area contributed by atoms with Gasteiger partial charge in [-0.05, 0) is 37.3 Å². The van der Waals surface area contributed by atoms with Crippen LogP contribution in [-0.4, -0.2) is 16.9 Å². The van der Waals surface area contributed by atoms with Crippen molar-refractivity contribution < 1.29 is 4.79 Å². The van der Waals surface area contributed by atoms with E-state index in [9.17, 15) is 4.79 Å². The summed E-state index contributed by atoms with van der Waals surface area (Å²) >= 11 is 5.15. The smallest absolute Gasteiger partial charge is 0.259 e. The second-order valence-corrected chi connectivity index (χ2v) is 4.48. The van der Waals surface area contributed by atoms with Crippen LogP contribution >= 0.6 is 11.8 Å². The molecule has 1 aromatic heterocycles. The molecule has 18 heavy (non-hydrogen) atoms. The maximum atomic E-state index is 11.8. The average molecular weight is 267 g/mol. The Hall–Kier alpha value is -1.62. The number of nitrogens with one attached hydrogen (secondary N) is 1. The monoisotopic (exact) mass is 266 g/mol. The van der Waals surface area contributed by atoms with Gasteiger partial charge in [0, 0.05) is 23.7 Å². The maximum Gasteiger partial charge on any atom is 0.259 e. The predicted molar refractivity (Wildman–Crippen MR) is 70.4 cm³/mol. The number of nitrogens with two attached hydrogens (primary N) is 1. The molecule has 1 amide bonds. The number of carbonyl (C=O) groups is 1. The number of aromatic nitrogens is 1. The summed E-state index contributed by atoms with van der Waals surface area (Å²) in [6.45, 7) is 0. The third-order valence-electron chi connectivity index (χ3n) is 3.01. The van der Waals surface area contributed by atoms with E-state index in [-0.39, 0.29) is 11.9 Å². The lowest BCUT2D eigenvalue weighted by Crippen LogP contribution is -2.36. The van der Waals surface area contributed by atoms with Crippen molar-refractivity contribution >= 4 is 23.6 Å². The van der Waals surface area contributed by atoms with Gasteiger partial charge in [-0.3, -0.25) is 15.1 Å². The fourth-order valence-electron chi connectivity index (χ4n) is 2.10. The summed E-state index contributed by atoms with van der Waals surface area (Å²) in [6.07, 6.45) is 7.05. The molecule has 1 aliphatic rings. The van der Waals surface area contributed by atoms with Gasteiger partial charge in [0.1, 0.15) is 0 Å². The minimum Gasteiger partial charge on any atom is -0.369 e. The zero-order valence-corrected chi connectivity index (χ0v) is 10.7. The first-order valence-electron chi connectivity index (χ1n) is 5.94. The van der Waals surface area contributed by atoms with Crippen LogP contribution in [0.4, 0.5) is 0 Å². The van der Waals surface area contributed by atoms with Crippen molar-refractivity contribution in [2.75, 3.05) is 0 Å². The number of nitrogens with zero attached hydrogens (tertiary/aromatic N) is 2. The van der Waals surface area contributed by atoms with E-state index in [4.69, 9.17) is 17.5 Å². The maximum absolute atomic E-state index is 11.8. The number of amides is 1. The summed E-state index contributed by atoms with van der Waals surface area (Å²) in [5.41, 5.74) is 8.08. The van der Waals surface area contributed by atoms with Crippen LogP contribution < -0.4 is 11.1 Å². The lowest BCUT2D eigenvalue weighted by atomic mass is 10.1. The number of halogens is 1. The number of aryl methyl sites for hydroxylation is 2. The Bertz CT molecular complexity index is 487. The second kappa shape index (κ2) is 5.82. The Morgan fingerprint density at radius 3 is 2.94 bits per heavy atom. The molecule has 0 radical (unpaired) electrons. The van der Waals surface area contributed by atoms with Crippen LogP contribution in [0.1, 0.15) is 40.9 Å². The lowest BCUT2D eigenvalue weighted by Gasteiger charge is -2.07. The molecule has 1 heterocycles. The molecule has 0 saturated heterocycles. The van der Waals surface area contributed by atoms with Crippen molar-refractivity contribution in [3.8, 4) is 0 Å². The first kappa shape index (κ1) is 12.8. The predicted octanol–water partition coefficient (Wildman–Crippen LogP) is 1.55. The topological polar surface area (TPSA) is 80.4 Å². The van der Waals surface area contributed by atoms with Crippen LogP contribution in [0, 0.1) is 0 Å². The molecule has 3 N–H and O–H groups in total. The SMILES string of the molecule is NC(=NCl)NC(=O)c1cnc2c(c1)CCCCC2. The summed E-state index contributed by atoms with van der Waals surface area (Å²) in [4.78, 5) is 16.2. The highest BCUT2D eigenvalue weighted by atomic mass is 35.5. The lowest BCUT2D eigenvalue weighted by molar-refractivity contribution is 0.0976. The third kappa shape index (κ3) is 2.98. The molecule has 96 valence electrons. The van der Waals surface area contributed by atoms with Crippen LogP contribution in [0.3, 0.4) is 0 Å². The minimum atomic E-state index is -0.337. The molecule has 1 aromatic rings. The molecular formula is C12H15ClN4O. The molecule has 5 nitrogen and oxygen atoms in total. The molecule has 0 spiro atoms. The van der Waals surface area contributed by atoms with Crippen molar-refractivity contribution in [3.05, 3.63) is 29.1 Å². The summed E-state index contributed by atoms with van der Waals surface area (Å²) in [6, 6.07) is 1.88. The van der Waals surface area contributed by atoms with Gasteiger partial charge in [0.05, 0.1) is 5.56 Å². The largest absolute Gasteiger partial charge is 0.369 e. The van der Waals surface area contributed by atoms with Gasteiger partial charge in [0.2, 0.25) is 5.96 Å². The van der Waals surface area contributed by atoms with Gasteiger partial charge in [0.15, 0.2) is 0 Å². The molecule has 0 aliphatic heterocycles. The van der Waals surface area contributed by atoms with Gasteiger partial charge in [-0.2, -0.15) is 0 Å². The summed E-state index contributed by atoms with van der Waals surface area (Å²) < 4.78 is 3.17. The number of fused-ring (bicyclic) bond motifs is 1. The van der Waals surface area contributed by atoms with Crippen molar-refractivity contribution in [2.24, 2.45) is 10.2 Å². The number of rotatable bonds is 1. The number of pyridine rings is 1. The Labute approximate surface area is 111 Å². The van der Waals surface area contributed by atoms with E-state index in [2.05, 4.69) is 14.8 Å². The van der Waals surface area contributed by atoms with E-state index in [1.807, 2.05) is 6.07 Å². The Kier molecular flexibility index (Phi) is 4.15. The molecule has 2 rings (SSSR count). The van der Waals surface area contributed by atoms with Gasteiger partial charge >= 0.3 is 0 Å². The highest BCUT2D eigenvalue weighted by molar-refractivity contribution is 6.21. The van der Waals surface area contributed by atoms with E-state index in [0.29, 0.717) is 5.56 Å². The normalized spacial score (nSPS) is 15.7. The highest BCUT2D eigenvalue weighted by Gasteiger charge is 2.13. The molecule has 0 unspecified atom stereocenters. The van der Waals surface area contributed by atoms with Crippen LogP contribution in [0.25, 0.3) is 0 Å². The van der Waals surface area contributed by atoms with Gasteiger partial charge in [-0.1, -0.05) is 6.42 Å². The Balaban J connectivity index is 2.20.